The van der Waals surface area contributed by atoms with Gasteiger partial charge in [0, 0.05) is 23.9 Å². The molecule has 5 heteroatoms. The first kappa shape index (κ1) is 12.8. The molecule has 0 aliphatic carbocycles. The summed E-state index contributed by atoms with van der Waals surface area (Å²) in [7, 11) is 2.25. The number of anilines is 1. The van der Waals surface area contributed by atoms with E-state index in [1.54, 1.807) is 0 Å². The maximum atomic E-state index is 5.84. The number of hydrogen-bond acceptors (Lipinski definition) is 5. The van der Waals surface area contributed by atoms with E-state index in [1.807, 2.05) is 0 Å². The molecule has 0 radical (unpaired) electrons. The Labute approximate surface area is 114 Å². The number of rotatable bonds is 2. The SMILES string of the molecule is CC(C)c1nc(N)nc(C2CC3CCC(C2)N3C)n1. The van der Waals surface area contributed by atoms with Gasteiger partial charge in [0.2, 0.25) is 5.95 Å². The van der Waals surface area contributed by atoms with Gasteiger partial charge in [-0.1, -0.05) is 13.8 Å². The van der Waals surface area contributed by atoms with E-state index >= 15 is 0 Å². The van der Waals surface area contributed by atoms with Crippen molar-refractivity contribution < 1.29 is 0 Å². The number of fused-ring (bicyclic) bond motifs is 2. The highest BCUT2D eigenvalue weighted by atomic mass is 15.2. The minimum absolute atomic E-state index is 0.298. The number of nitrogen functional groups attached to an aromatic ring is 1. The Morgan fingerprint density at radius 1 is 1.11 bits per heavy atom. The van der Waals surface area contributed by atoms with E-state index in [0.717, 1.165) is 24.5 Å². The van der Waals surface area contributed by atoms with Crippen LogP contribution in [0.25, 0.3) is 0 Å². The van der Waals surface area contributed by atoms with Crippen molar-refractivity contribution in [2.24, 2.45) is 0 Å². The van der Waals surface area contributed by atoms with E-state index in [2.05, 4.69) is 40.7 Å². The Hall–Kier alpha value is -1.23. The summed E-state index contributed by atoms with van der Waals surface area (Å²) in [6.07, 6.45) is 4.95. The van der Waals surface area contributed by atoms with Crippen molar-refractivity contribution in [2.45, 2.75) is 63.5 Å². The van der Waals surface area contributed by atoms with Crippen LogP contribution in [0.4, 0.5) is 5.95 Å². The molecule has 2 saturated heterocycles. The van der Waals surface area contributed by atoms with Gasteiger partial charge >= 0.3 is 0 Å². The average molecular weight is 261 g/mol. The quantitative estimate of drug-likeness (QED) is 0.881. The monoisotopic (exact) mass is 261 g/mol. The second-order valence-electron chi connectivity index (χ2n) is 6.28. The van der Waals surface area contributed by atoms with Gasteiger partial charge in [-0.15, -0.1) is 0 Å². The number of nitrogens with zero attached hydrogens (tertiary/aromatic N) is 4. The molecule has 2 aliphatic heterocycles. The van der Waals surface area contributed by atoms with Crippen molar-refractivity contribution in [3.8, 4) is 0 Å². The molecule has 2 fully saturated rings. The van der Waals surface area contributed by atoms with Crippen LogP contribution in [0.1, 0.15) is 63.0 Å². The first-order valence-corrected chi connectivity index (χ1v) is 7.28. The molecule has 2 bridgehead atoms. The maximum Gasteiger partial charge on any atom is 0.223 e. The zero-order chi connectivity index (χ0) is 13.6. The summed E-state index contributed by atoms with van der Waals surface area (Å²) in [5, 5.41) is 0. The molecule has 1 aromatic heterocycles. The predicted octanol–water partition coefficient (Wildman–Crippen LogP) is 1.92. The van der Waals surface area contributed by atoms with Crippen molar-refractivity contribution in [3.63, 3.8) is 0 Å². The minimum atomic E-state index is 0.298. The highest BCUT2D eigenvalue weighted by Gasteiger charge is 2.40. The van der Waals surface area contributed by atoms with Gasteiger partial charge in [0.25, 0.3) is 0 Å². The van der Waals surface area contributed by atoms with Crippen molar-refractivity contribution in [2.75, 3.05) is 12.8 Å². The van der Waals surface area contributed by atoms with E-state index in [4.69, 9.17) is 5.73 Å². The van der Waals surface area contributed by atoms with Crippen molar-refractivity contribution in [1.29, 1.82) is 0 Å². The second-order valence-corrected chi connectivity index (χ2v) is 6.28. The summed E-state index contributed by atoms with van der Waals surface area (Å²) >= 11 is 0. The van der Waals surface area contributed by atoms with Gasteiger partial charge in [0.15, 0.2) is 0 Å². The van der Waals surface area contributed by atoms with E-state index < -0.39 is 0 Å². The molecule has 5 nitrogen and oxygen atoms in total. The van der Waals surface area contributed by atoms with E-state index in [0.29, 0.717) is 29.9 Å². The van der Waals surface area contributed by atoms with Crippen LogP contribution in [-0.4, -0.2) is 39.0 Å². The predicted molar refractivity (Wildman–Crippen MR) is 74.9 cm³/mol. The van der Waals surface area contributed by atoms with Crippen LogP contribution in [0.3, 0.4) is 0 Å². The molecule has 2 atom stereocenters. The smallest absolute Gasteiger partial charge is 0.223 e. The molecule has 104 valence electrons. The normalized spacial score (nSPS) is 31.1. The van der Waals surface area contributed by atoms with Crippen LogP contribution in [0.2, 0.25) is 0 Å². The summed E-state index contributed by atoms with van der Waals surface area (Å²) < 4.78 is 0. The third kappa shape index (κ3) is 2.31. The molecule has 1 aromatic rings. The highest BCUT2D eigenvalue weighted by Crippen LogP contribution is 2.41. The average Bonchev–Trinajstić information content (AvgIpc) is 2.61. The van der Waals surface area contributed by atoms with E-state index in [-0.39, 0.29) is 0 Å². The van der Waals surface area contributed by atoms with E-state index in [9.17, 15) is 0 Å². The number of hydrogen-bond donors (Lipinski definition) is 1. The first-order valence-electron chi connectivity index (χ1n) is 7.28. The molecule has 19 heavy (non-hydrogen) atoms. The topological polar surface area (TPSA) is 67.9 Å². The molecule has 2 unspecified atom stereocenters. The van der Waals surface area contributed by atoms with Crippen LogP contribution >= 0.6 is 0 Å². The fourth-order valence-corrected chi connectivity index (χ4v) is 3.49. The zero-order valence-electron chi connectivity index (χ0n) is 12.0. The molecule has 0 spiro atoms. The lowest BCUT2D eigenvalue weighted by Crippen LogP contribution is -2.39. The van der Waals surface area contributed by atoms with Crippen LogP contribution < -0.4 is 5.73 Å². The Bertz CT molecular complexity index is 459. The number of piperidine rings is 1. The summed E-state index contributed by atoms with van der Waals surface area (Å²) in [6.45, 7) is 4.19. The lowest BCUT2D eigenvalue weighted by atomic mass is 9.90. The molecule has 0 aromatic carbocycles. The van der Waals surface area contributed by atoms with Gasteiger partial charge < -0.3 is 10.6 Å². The fraction of sp³-hybridized carbons (Fsp3) is 0.786. The lowest BCUT2D eigenvalue weighted by molar-refractivity contribution is 0.158. The summed E-state index contributed by atoms with van der Waals surface area (Å²) in [5.74, 6) is 2.87. The number of aromatic nitrogens is 3. The fourth-order valence-electron chi connectivity index (χ4n) is 3.49. The largest absolute Gasteiger partial charge is 0.368 e. The van der Waals surface area contributed by atoms with Crippen LogP contribution in [0, 0.1) is 0 Å². The third-order valence-corrected chi connectivity index (χ3v) is 4.67. The van der Waals surface area contributed by atoms with Gasteiger partial charge in [0.1, 0.15) is 11.6 Å². The maximum absolute atomic E-state index is 5.84. The van der Waals surface area contributed by atoms with Crippen molar-refractivity contribution in [3.05, 3.63) is 11.6 Å². The molecule has 0 amide bonds. The summed E-state index contributed by atoms with van der Waals surface area (Å²) in [4.78, 5) is 15.8. The first-order chi connectivity index (χ1) is 9.04. The van der Waals surface area contributed by atoms with Gasteiger partial charge in [0.05, 0.1) is 0 Å². The van der Waals surface area contributed by atoms with Gasteiger partial charge in [-0.25, -0.2) is 4.98 Å². The highest BCUT2D eigenvalue weighted by molar-refractivity contribution is 5.20. The standard InChI is InChI=1S/C14H23N5/c1-8(2)12-16-13(18-14(15)17-12)9-6-10-4-5-11(7-9)19(10)3/h8-11H,4-7H2,1-3H3,(H2,15,16,17,18). The van der Waals surface area contributed by atoms with Crippen LogP contribution in [0.15, 0.2) is 0 Å². The Kier molecular flexibility index (Phi) is 3.17. The summed E-state index contributed by atoms with van der Waals surface area (Å²) in [5.41, 5.74) is 5.84. The molecular formula is C14H23N5. The van der Waals surface area contributed by atoms with Gasteiger partial charge in [-0.05, 0) is 32.7 Å². The third-order valence-electron chi connectivity index (χ3n) is 4.67. The summed E-state index contributed by atoms with van der Waals surface area (Å²) in [6, 6.07) is 1.40. The second kappa shape index (κ2) is 4.71. The Morgan fingerprint density at radius 2 is 1.74 bits per heavy atom. The zero-order valence-corrected chi connectivity index (χ0v) is 12.0. The molecular weight excluding hydrogens is 238 g/mol. The van der Waals surface area contributed by atoms with Gasteiger partial charge in [-0.3, -0.25) is 0 Å². The number of nitrogens with two attached hydrogens (primary N) is 1. The van der Waals surface area contributed by atoms with E-state index in [1.165, 1.54) is 12.8 Å². The van der Waals surface area contributed by atoms with Crippen molar-refractivity contribution >= 4 is 5.95 Å². The van der Waals surface area contributed by atoms with Crippen LogP contribution in [0.5, 0.6) is 0 Å². The molecule has 2 N–H and O–H groups in total. The van der Waals surface area contributed by atoms with Crippen LogP contribution in [-0.2, 0) is 0 Å². The Balaban J connectivity index is 1.87. The minimum Gasteiger partial charge on any atom is -0.368 e. The molecule has 2 aliphatic rings. The molecule has 3 rings (SSSR count). The Morgan fingerprint density at radius 3 is 2.32 bits per heavy atom. The molecule has 3 heterocycles. The lowest BCUT2D eigenvalue weighted by Gasteiger charge is -2.35. The molecule has 0 saturated carbocycles. The van der Waals surface area contributed by atoms with Gasteiger partial charge in [-0.2, -0.15) is 9.97 Å². The van der Waals surface area contributed by atoms with Crippen molar-refractivity contribution in [1.82, 2.24) is 19.9 Å².